The minimum Gasteiger partial charge on any atom is -0.468 e. The highest BCUT2D eigenvalue weighted by atomic mass is 16.3. The standard InChI is InChI=1S/C25H21NO3/c27-25-21(17-9-3-1-4-10-17)23(19-13-7-15-28-19)26-24(20-14-8-16-29-20)22(25)18-11-5-2-6-12-18/h1-16,21-24,26H/t21-,22+,23-,24-/m1/s1. The van der Waals surface area contributed by atoms with Gasteiger partial charge in [-0.2, -0.15) is 0 Å². The Morgan fingerprint density at radius 2 is 1.03 bits per heavy atom. The fourth-order valence-corrected chi connectivity index (χ4v) is 4.37. The molecule has 0 aliphatic carbocycles. The molecule has 1 aliphatic rings. The number of benzene rings is 2. The first-order chi connectivity index (χ1) is 14.3. The maximum Gasteiger partial charge on any atom is 0.151 e. The maximum atomic E-state index is 14.0. The number of hydrogen-bond acceptors (Lipinski definition) is 4. The van der Waals surface area contributed by atoms with E-state index >= 15 is 0 Å². The van der Waals surface area contributed by atoms with E-state index in [9.17, 15) is 4.79 Å². The smallest absolute Gasteiger partial charge is 0.151 e. The Morgan fingerprint density at radius 1 is 0.586 bits per heavy atom. The molecule has 4 heteroatoms. The van der Waals surface area contributed by atoms with Crippen molar-refractivity contribution < 1.29 is 13.6 Å². The summed E-state index contributed by atoms with van der Waals surface area (Å²) < 4.78 is 11.5. The van der Waals surface area contributed by atoms with E-state index < -0.39 is 0 Å². The average Bonchev–Trinajstić information content (AvgIpc) is 3.49. The third-order valence-electron chi connectivity index (χ3n) is 5.66. The number of nitrogens with one attached hydrogen (secondary N) is 1. The van der Waals surface area contributed by atoms with Crippen molar-refractivity contribution in [3.63, 3.8) is 0 Å². The molecule has 2 aromatic carbocycles. The Morgan fingerprint density at radius 3 is 1.41 bits per heavy atom. The van der Waals surface area contributed by atoms with Crippen LogP contribution in [0, 0.1) is 0 Å². The summed E-state index contributed by atoms with van der Waals surface area (Å²) in [4.78, 5) is 14.0. The second kappa shape index (κ2) is 7.57. The molecule has 0 amide bonds. The highest BCUT2D eigenvalue weighted by Crippen LogP contribution is 2.47. The van der Waals surface area contributed by atoms with Crippen LogP contribution in [0.4, 0.5) is 0 Å². The summed E-state index contributed by atoms with van der Waals surface area (Å²) in [7, 11) is 0. The minimum absolute atomic E-state index is 0.156. The summed E-state index contributed by atoms with van der Waals surface area (Å²) in [6, 6.07) is 26.8. The van der Waals surface area contributed by atoms with Crippen molar-refractivity contribution in [1.82, 2.24) is 5.32 Å². The molecule has 1 saturated heterocycles. The lowest BCUT2D eigenvalue weighted by Crippen LogP contribution is -2.46. The van der Waals surface area contributed by atoms with Gasteiger partial charge in [0.25, 0.3) is 0 Å². The van der Waals surface area contributed by atoms with Crippen molar-refractivity contribution in [3.8, 4) is 0 Å². The van der Waals surface area contributed by atoms with E-state index in [1.54, 1.807) is 12.5 Å². The van der Waals surface area contributed by atoms with E-state index in [4.69, 9.17) is 8.83 Å². The predicted molar refractivity (Wildman–Crippen MR) is 109 cm³/mol. The monoisotopic (exact) mass is 383 g/mol. The van der Waals surface area contributed by atoms with Gasteiger partial charge in [0.15, 0.2) is 5.78 Å². The van der Waals surface area contributed by atoms with Crippen molar-refractivity contribution in [2.24, 2.45) is 0 Å². The van der Waals surface area contributed by atoms with Crippen LogP contribution in [0.5, 0.6) is 0 Å². The lowest BCUT2D eigenvalue weighted by molar-refractivity contribution is -0.126. The van der Waals surface area contributed by atoms with Gasteiger partial charge >= 0.3 is 0 Å². The summed E-state index contributed by atoms with van der Waals surface area (Å²) in [5.74, 6) is 0.923. The topological polar surface area (TPSA) is 55.4 Å². The summed E-state index contributed by atoms with van der Waals surface area (Å²) in [5.41, 5.74) is 1.95. The van der Waals surface area contributed by atoms with Gasteiger partial charge in [-0.25, -0.2) is 0 Å². The summed E-state index contributed by atoms with van der Waals surface area (Å²) in [5, 5.41) is 3.68. The Balaban J connectivity index is 1.66. The molecule has 3 heterocycles. The second-order valence-electron chi connectivity index (χ2n) is 7.33. The van der Waals surface area contributed by atoms with E-state index in [1.807, 2.05) is 84.9 Å². The first-order valence-electron chi connectivity index (χ1n) is 9.79. The van der Waals surface area contributed by atoms with Gasteiger partial charge < -0.3 is 8.83 Å². The molecule has 0 spiro atoms. The van der Waals surface area contributed by atoms with Crippen molar-refractivity contribution >= 4 is 5.78 Å². The molecule has 4 nitrogen and oxygen atoms in total. The quantitative estimate of drug-likeness (QED) is 0.513. The molecule has 0 unspecified atom stereocenters. The van der Waals surface area contributed by atoms with Gasteiger partial charge in [0.2, 0.25) is 0 Å². The molecule has 144 valence electrons. The zero-order chi connectivity index (χ0) is 19.6. The van der Waals surface area contributed by atoms with Crippen LogP contribution in [0.25, 0.3) is 0 Å². The van der Waals surface area contributed by atoms with Crippen LogP contribution in [0.3, 0.4) is 0 Å². The Kier molecular flexibility index (Phi) is 4.62. The Labute approximate surface area is 169 Å². The van der Waals surface area contributed by atoms with Crippen molar-refractivity contribution in [2.75, 3.05) is 0 Å². The first-order valence-corrected chi connectivity index (χ1v) is 9.79. The van der Waals surface area contributed by atoms with Crippen LogP contribution in [0.1, 0.15) is 46.6 Å². The third-order valence-corrected chi connectivity index (χ3v) is 5.66. The van der Waals surface area contributed by atoms with Gasteiger partial charge in [-0.15, -0.1) is 0 Å². The number of furan rings is 2. The molecule has 0 bridgehead atoms. The summed E-state index contributed by atoms with van der Waals surface area (Å²) in [6.45, 7) is 0. The van der Waals surface area contributed by atoms with Crippen LogP contribution in [-0.2, 0) is 4.79 Å². The lowest BCUT2D eigenvalue weighted by Gasteiger charge is -2.40. The molecule has 1 N–H and O–H groups in total. The Bertz CT molecular complexity index is 970. The maximum absolute atomic E-state index is 14.0. The van der Waals surface area contributed by atoms with Crippen LogP contribution in [0.15, 0.2) is 106 Å². The van der Waals surface area contributed by atoms with Gasteiger partial charge in [0.1, 0.15) is 11.5 Å². The van der Waals surface area contributed by atoms with Crippen LogP contribution in [0.2, 0.25) is 0 Å². The van der Waals surface area contributed by atoms with Crippen LogP contribution in [-0.4, -0.2) is 5.78 Å². The van der Waals surface area contributed by atoms with E-state index in [0.717, 1.165) is 22.6 Å². The molecule has 5 rings (SSSR count). The number of piperidine rings is 1. The number of hydrogen-bond donors (Lipinski definition) is 1. The first kappa shape index (κ1) is 17.7. The van der Waals surface area contributed by atoms with Gasteiger partial charge in [0, 0.05) is 0 Å². The Hall–Kier alpha value is -3.37. The van der Waals surface area contributed by atoms with E-state index in [1.165, 1.54) is 0 Å². The van der Waals surface area contributed by atoms with E-state index in [0.29, 0.717) is 0 Å². The molecule has 4 aromatic rings. The van der Waals surface area contributed by atoms with Crippen molar-refractivity contribution in [2.45, 2.75) is 23.9 Å². The molecule has 1 fully saturated rings. The van der Waals surface area contributed by atoms with Crippen LogP contribution >= 0.6 is 0 Å². The molecular formula is C25H21NO3. The van der Waals surface area contributed by atoms with Gasteiger partial charge in [-0.1, -0.05) is 60.7 Å². The van der Waals surface area contributed by atoms with Crippen molar-refractivity contribution in [1.29, 1.82) is 0 Å². The fraction of sp³-hybridized carbons (Fsp3) is 0.160. The SMILES string of the molecule is O=C1[C@H](c2ccccc2)[C@@H](c2ccco2)N[C@H](c2ccco2)[C@@H]1c1ccccc1. The zero-order valence-electron chi connectivity index (χ0n) is 15.8. The number of rotatable bonds is 4. The molecular weight excluding hydrogens is 362 g/mol. The molecule has 2 aromatic heterocycles. The van der Waals surface area contributed by atoms with Gasteiger partial charge in [-0.3, -0.25) is 10.1 Å². The molecule has 0 saturated carbocycles. The molecule has 1 aliphatic heterocycles. The minimum atomic E-state index is -0.362. The molecule has 29 heavy (non-hydrogen) atoms. The van der Waals surface area contributed by atoms with Gasteiger partial charge in [-0.05, 0) is 35.4 Å². The number of carbonyl (C=O) groups is 1. The van der Waals surface area contributed by atoms with Crippen molar-refractivity contribution in [3.05, 3.63) is 120 Å². The van der Waals surface area contributed by atoms with E-state index in [-0.39, 0.29) is 29.7 Å². The lowest BCUT2D eigenvalue weighted by atomic mass is 9.71. The third kappa shape index (κ3) is 3.22. The molecule has 4 atom stereocenters. The molecule has 0 radical (unpaired) electrons. The highest BCUT2D eigenvalue weighted by Gasteiger charge is 2.47. The van der Waals surface area contributed by atoms with E-state index in [2.05, 4.69) is 5.32 Å². The highest BCUT2D eigenvalue weighted by molar-refractivity contribution is 5.94. The number of Topliss-reactive ketones (excluding diaryl/α,β-unsaturated/α-hetero) is 1. The largest absolute Gasteiger partial charge is 0.468 e. The summed E-state index contributed by atoms with van der Waals surface area (Å²) in [6.07, 6.45) is 3.30. The second-order valence-corrected chi connectivity index (χ2v) is 7.33. The van der Waals surface area contributed by atoms with Gasteiger partial charge in [0.05, 0.1) is 36.4 Å². The average molecular weight is 383 g/mol. The number of ketones is 1. The fourth-order valence-electron chi connectivity index (χ4n) is 4.37. The normalized spacial score (nSPS) is 24.5. The number of carbonyl (C=O) groups excluding carboxylic acids is 1. The predicted octanol–water partition coefficient (Wildman–Crippen LogP) is 5.39. The van der Waals surface area contributed by atoms with Crippen LogP contribution < -0.4 is 5.32 Å². The zero-order valence-corrected chi connectivity index (χ0v) is 15.8. The summed E-state index contributed by atoms with van der Waals surface area (Å²) >= 11 is 0.